The summed E-state index contributed by atoms with van der Waals surface area (Å²) in [4.78, 5) is 6.59. The van der Waals surface area contributed by atoms with E-state index in [2.05, 4.69) is 16.8 Å². The fourth-order valence-corrected chi connectivity index (χ4v) is 2.61. The number of aromatic nitrogens is 1. The molecule has 2 rings (SSSR count). The maximum atomic E-state index is 7.42. The summed E-state index contributed by atoms with van der Waals surface area (Å²) in [6, 6.07) is 3.94. The van der Waals surface area contributed by atoms with Gasteiger partial charge >= 0.3 is 0 Å². The van der Waals surface area contributed by atoms with E-state index < -0.39 is 0 Å². The number of nitrogens with two attached hydrogens (primary N) is 1. The maximum Gasteiger partial charge on any atom is 0.141 e. The lowest BCUT2D eigenvalue weighted by molar-refractivity contribution is 0.164. The monoisotopic (exact) mass is 246 g/mol. The van der Waals surface area contributed by atoms with Crippen molar-refractivity contribution in [2.75, 3.05) is 13.1 Å². The van der Waals surface area contributed by atoms with Gasteiger partial charge in [0.2, 0.25) is 0 Å². The van der Waals surface area contributed by atoms with E-state index >= 15 is 0 Å². The van der Waals surface area contributed by atoms with Crippen molar-refractivity contribution in [2.45, 2.75) is 32.7 Å². The molecule has 1 aromatic rings. The Hall–Kier alpha value is -1.42. The fraction of sp³-hybridized carbons (Fsp3) is 0.571. The summed E-state index contributed by atoms with van der Waals surface area (Å²) in [5.41, 5.74) is 7.25. The molecule has 1 fully saturated rings. The van der Waals surface area contributed by atoms with E-state index in [-0.39, 0.29) is 5.84 Å². The van der Waals surface area contributed by atoms with Crippen LogP contribution in [0.3, 0.4) is 0 Å². The lowest BCUT2D eigenvalue weighted by atomic mass is 9.95. The minimum absolute atomic E-state index is 0.0435. The average molecular weight is 246 g/mol. The molecule has 0 saturated carbocycles. The Labute approximate surface area is 109 Å². The first-order chi connectivity index (χ1) is 8.69. The molecule has 18 heavy (non-hydrogen) atoms. The summed E-state index contributed by atoms with van der Waals surface area (Å²) in [6.45, 7) is 5.58. The van der Waals surface area contributed by atoms with Crippen LogP contribution in [0.2, 0.25) is 0 Å². The molecule has 1 aliphatic rings. The van der Waals surface area contributed by atoms with Crippen LogP contribution in [0.15, 0.2) is 18.3 Å². The van der Waals surface area contributed by atoms with Crippen LogP contribution >= 0.6 is 0 Å². The smallest absolute Gasteiger partial charge is 0.141 e. The number of hydrogen-bond donors (Lipinski definition) is 2. The summed E-state index contributed by atoms with van der Waals surface area (Å²) in [5, 5.41) is 7.42. The highest BCUT2D eigenvalue weighted by Gasteiger charge is 2.18. The second-order valence-electron chi connectivity index (χ2n) is 5.11. The van der Waals surface area contributed by atoms with Crippen LogP contribution in [0.1, 0.15) is 37.4 Å². The first kappa shape index (κ1) is 13.0. The quantitative estimate of drug-likeness (QED) is 0.630. The zero-order chi connectivity index (χ0) is 13.0. The minimum Gasteiger partial charge on any atom is -0.382 e. The number of nitrogens with zero attached hydrogens (tertiary/aromatic N) is 2. The van der Waals surface area contributed by atoms with Gasteiger partial charge < -0.3 is 5.73 Å². The number of likely N-dealkylation sites (tertiary alicyclic amines) is 1. The molecular weight excluding hydrogens is 224 g/mol. The van der Waals surface area contributed by atoms with Crippen molar-refractivity contribution >= 4 is 5.84 Å². The maximum absolute atomic E-state index is 7.42. The molecule has 4 heteroatoms. The number of rotatable bonds is 4. The third-order valence-corrected chi connectivity index (χ3v) is 3.69. The van der Waals surface area contributed by atoms with Crippen molar-refractivity contribution in [3.8, 4) is 0 Å². The van der Waals surface area contributed by atoms with Gasteiger partial charge in [-0.25, -0.2) is 0 Å². The van der Waals surface area contributed by atoms with Crippen LogP contribution in [-0.2, 0) is 6.54 Å². The topological polar surface area (TPSA) is 66.0 Å². The van der Waals surface area contributed by atoms with Crippen LogP contribution in [0.25, 0.3) is 0 Å². The van der Waals surface area contributed by atoms with Gasteiger partial charge in [0, 0.05) is 19.3 Å². The second kappa shape index (κ2) is 5.96. The fourth-order valence-electron chi connectivity index (χ4n) is 2.61. The molecule has 2 heterocycles. The summed E-state index contributed by atoms with van der Waals surface area (Å²) in [5.74, 6) is 0.884. The molecule has 0 bridgehead atoms. The normalized spacial score (nSPS) is 20.8. The van der Waals surface area contributed by atoms with Crippen LogP contribution < -0.4 is 5.73 Å². The molecule has 98 valence electrons. The van der Waals surface area contributed by atoms with Gasteiger partial charge in [-0.2, -0.15) is 0 Å². The number of nitrogens with one attached hydrogen (secondary N) is 1. The van der Waals surface area contributed by atoms with Crippen molar-refractivity contribution in [2.24, 2.45) is 11.7 Å². The molecule has 1 unspecified atom stereocenters. The Bertz CT molecular complexity index is 416. The van der Waals surface area contributed by atoms with Gasteiger partial charge in [-0.3, -0.25) is 15.3 Å². The van der Waals surface area contributed by atoms with Crippen molar-refractivity contribution in [3.63, 3.8) is 0 Å². The highest BCUT2D eigenvalue weighted by atomic mass is 15.1. The van der Waals surface area contributed by atoms with Crippen molar-refractivity contribution in [1.29, 1.82) is 5.41 Å². The van der Waals surface area contributed by atoms with Crippen LogP contribution in [0.4, 0.5) is 0 Å². The Morgan fingerprint density at radius 1 is 1.61 bits per heavy atom. The Balaban J connectivity index is 2.00. The molecule has 3 N–H and O–H groups in total. The lowest BCUT2D eigenvalue weighted by Crippen LogP contribution is -2.34. The summed E-state index contributed by atoms with van der Waals surface area (Å²) >= 11 is 0. The molecule has 1 aliphatic heterocycles. The van der Waals surface area contributed by atoms with E-state index in [1.807, 2.05) is 12.1 Å². The van der Waals surface area contributed by atoms with Gasteiger partial charge in [-0.1, -0.05) is 13.3 Å². The third kappa shape index (κ3) is 3.29. The van der Waals surface area contributed by atoms with Gasteiger partial charge in [0.1, 0.15) is 11.5 Å². The summed E-state index contributed by atoms with van der Waals surface area (Å²) < 4.78 is 0. The van der Waals surface area contributed by atoms with Crippen molar-refractivity contribution in [1.82, 2.24) is 9.88 Å². The molecule has 1 saturated heterocycles. The van der Waals surface area contributed by atoms with Crippen LogP contribution in [-0.4, -0.2) is 28.8 Å². The van der Waals surface area contributed by atoms with Gasteiger partial charge in [-0.15, -0.1) is 0 Å². The number of amidine groups is 1. The van der Waals surface area contributed by atoms with E-state index in [1.54, 1.807) is 6.20 Å². The highest BCUT2D eigenvalue weighted by molar-refractivity contribution is 5.93. The lowest BCUT2D eigenvalue weighted by Gasteiger charge is -2.32. The molecule has 0 spiro atoms. The molecular formula is C14H22N4. The Morgan fingerprint density at radius 3 is 3.17 bits per heavy atom. The molecule has 1 atom stereocenters. The SMILES string of the molecule is CCC1CCCN(Cc2ccnc(C(=N)N)c2)C1. The minimum atomic E-state index is 0.0435. The Kier molecular flexibility index (Phi) is 4.31. The number of nitrogen functional groups attached to an aromatic ring is 1. The second-order valence-corrected chi connectivity index (χ2v) is 5.11. The zero-order valence-electron chi connectivity index (χ0n) is 11.0. The highest BCUT2D eigenvalue weighted by Crippen LogP contribution is 2.20. The van der Waals surface area contributed by atoms with Crippen LogP contribution in [0, 0.1) is 11.3 Å². The predicted molar refractivity (Wildman–Crippen MR) is 73.5 cm³/mol. The Morgan fingerprint density at radius 2 is 2.44 bits per heavy atom. The van der Waals surface area contributed by atoms with Gasteiger partial charge in [0.25, 0.3) is 0 Å². The van der Waals surface area contributed by atoms with Gasteiger partial charge in [-0.05, 0) is 43.0 Å². The first-order valence-electron chi connectivity index (χ1n) is 6.70. The van der Waals surface area contributed by atoms with Gasteiger partial charge in [0.05, 0.1) is 0 Å². The number of hydrogen-bond acceptors (Lipinski definition) is 3. The summed E-state index contributed by atoms with van der Waals surface area (Å²) in [7, 11) is 0. The average Bonchev–Trinajstić information content (AvgIpc) is 2.39. The molecule has 4 nitrogen and oxygen atoms in total. The number of piperidine rings is 1. The van der Waals surface area contributed by atoms with E-state index in [0.29, 0.717) is 5.69 Å². The van der Waals surface area contributed by atoms with E-state index in [9.17, 15) is 0 Å². The zero-order valence-corrected chi connectivity index (χ0v) is 11.0. The molecule has 0 amide bonds. The molecule has 0 aliphatic carbocycles. The summed E-state index contributed by atoms with van der Waals surface area (Å²) in [6.07, 6.45) is 5.67. The van der Waals surface area contributed by atoms with E-state index in [0.717, 1.165) is 12.5 Å². The third-order valence-electron chi connectivity index (χ3n) is 3.69. The molecule has 0 aromatic carbocycles. The molecule has 1 aromatic heterocycles. The van der Waals surface area contributed by atoms with Gasteiger partial charge in [0.15, 0.2) is 0 Å². The standard InChI is InChI=1S/C14H22N4/c1-2-11-4-3-7-18(9-11)10-12-5-6-17-13(8-12)14(15)16/h5-6,8,11H,2-4,7,9-10H2,1H3,(H3,15,16). The number of pyridine rings is 1. The van der Waals surface area contributed by atoms with E-state index in [4.69, 9.17) is 11.1 Å². The van der Waals surface area contributed by atoms with Crippen molar-refractivity contribution < 1.29 is 0 Å². The molecule has 0 radical (unpaired) electrons. The van der Waals surface area contributed by atoms with Crippen molar-refractivity contribution in [3.05, 3.63) is 29.6 Å². The van der Waals surface area contributed by atoms with E-state index in [1.165, 1.54) is 37.9 Å². The largest absolute Gasteiger partial charge is 0.382 e. The first-order valence-corrected chi connectivity index (χ1v) is 6.70. The predicted octanol–water partition coefficient (Wildman–Crippen LogP) is 1.99. The van der Waals surface area contributed by atoms with Crippen LogP contribution in [0.5, 0.6) is 0 Å².